The summed E-state index contributed by atoms with van der Waals surface area (Å²) in [6.45, 7) is 26.2. The van der Waals surface area contributed by atoms with E-state index >= 15 is 0 Å². The van der Waals surface area contributed by atoms with Crippen LogP contribution in [0.4, 0.5) is 9.18 Å². The summed E-state index contributed by atoms with van der Waals surface area (Å²) in [6.07, 6.45) is 1.56. The van der Waals surface area contributed by atoms with Crippen molar-refractivity contribution in [3.63, 3.8) is 0 Å². The smallest absolute Gasteiger partial charge is 0.417 e. The Kier molecular flexibility index (Phi) is 17.4. The van der Waals surface area contributed by atoms with Crippen molar-refractivity contribution in [2.24, 2.45) is 5.41 Å². The van der Waals surface area contributed by atoms with E-state index in [1.807, 2.05) is 61.5 Å². The Balaban J connectivity index is 0. The molecule has 1 N–H and O–H groups in total. The fraction of sp³-hybridized carbons (Fsp3) is 0.516. The van der Waals surface area contributed by atoms with E-state index in [-0.39, 0.29) is 51.0 Å². The molecule has 3 amide bonds. The second-order valence-corrected chi connectivity index (χ2v) is 10.4. The van der Waals surface area contributed by atoms with E-state index in [4.69, 9.17) is 16.3 Å². The highest BCUT2D eigenvalue weighted by Crippen LogP contribution is 2.34. The molecule has 1 aromatic heterocycles. The lowest BCUT2D eigenvalue weighted by Crippen LogP contribution is -2.36. The second kappa shape index (κ2) is 18.0. The second-order valence-electron chi connectivity index (χ2n) is 10.0. The average molecular weight is 593 g/mol. The molecule has 2 heterocycles. The molecule has 0 spiro atoms. The summed E-state index contributed by atoms with van der Waals surface area (Å²) >= 11 is 6.24. The van der Waals surface area contributed by atoms with E-state index in [9.17, 15) is 24.0 Å². The Morgan fingerprint density at radius 3 is 2.12 bits per heavy atom. The summed E-state index contributed by atoms with van der Waals surface area (Å²) in [7, 11) is 0. The Hall–Kier alpha value is -3.51. The van der Waals surface area contributed by atoms with E-state index in [0.29, 0.717) is 0 Å². The molecule has 1 aliphatic rings. The van der Waals surface area contributed by atoms with Crippen LogP contribution in [0.15, 0.2) is 36.2 Å². The number of nitrogens with one attached hydrogen (secondary N) is 1. The molecule has 0 fully saturated rings. The van der Waals surface area contributed by atoms with Gasteiger partial charge in [0.2, 0.25) is 5.91 Å². The van der Waals surface area contributed by atoms with Crippen LogP contribution in [-0.2, 0) is 16.1 Å². The molecule has 0 saturated heterocycles. The summed E-state index contributed by atoms with van der Waals surface area (Å²) < 4.78 is 19.7. The van der Waals surface area contributed by atoms with Gasteiger partial charge in [-0.2, -0.15) is 5.26 Å². The summed E-state index contributed by atoms with van der Waals surface area (Å²) in [4.78, 5) is 41.0. The first-order valence-electron chi connectivity index (χ1n) is 13.6. The molecule has 1 aliphatic heterocycles. The predicted molar refractivity (Wildman–Crippen MR) is 164 cm³/mol. The molecule has 0 atom stereocenters. The van der Waals surface area contributed by atoms with Gasteiger partial charge in [0.15, 0.2) is 0 Å². The van der Waals surface area contributed by atoms with Gasteiger partial charge in [-0.05, 0) is 40.7 Å². The summed E-state index contributed by atoms with van der Waals surface area (Å²) in [6, 6.07) is 3.15. The molecule has 41 heavy (non-hydrogen) atoms. The molecule has 0 aromatic carbocycles. The summed E-state index contributed by atoms with van der Waals surface area (Å²) in [5.74, 6) is -1.21. The van der Waals surface area contributed by atoms with Gasteiger partial charge in [0.05, 0.1) is 45.7 Å². The topological polar surface area (TPSA) is 112 Å². The molecule has 228 valence electrons. The number of aromatic nitrogens is 1. The highest BCUT2D eigenvalue weighted by molar-refractivity contribution is 6.34. The molecule has 0 aliphatic carbocycles. The van der Waals surface area contributed by atoms with E-state index in [1.165, 1.54) is 25.1 Å². The van der Waals surface area contributed by atoms with Crippen LogP contribution < -0.4 is 5.32 Å². The molecule has 0 bridgehead atoms. The maximum Gasteiger partial charge on any atom is 0.417 e. The molecule has 1 aromatic rings. The molecule has 8 nitrogen and oxygen atoms in total. The molecule has 0 saturated carbocycles. The number of nitrogens with zero attached hydrogens (tertiary/aromatic N) is 3. The lowest BCUT2D eigenvalue weighted by molar-refractivity contribution is -0.128. The summed E-state index contributed by atoms with van der Waals surface area (Å²) in [5.41, 5.74) is -0.842. The van der Waals surface area contributed by atoms with Gasteiger partial charge >= 0.3 is 6.09 Å². The Morgan fingerprint density at radius 1 is 1.22 bits per heavy atom. The van der Waals surface area contributed by atoms with Crippen molar-refractivity contribution in [3.8, 4) is 6.07 Å². The number of imide groups is 1. The minimum Gasteiger partial charge on any atom is -0.443 e. The number of carbonyl (C=O) groups excluding carboxylic acids is 3. The monoisotopic (exact) mass is 592 g/mol. The first-order chi connectivity index (χ1) is 19.0. The zero-order valence-electron chi connectivity index (χ0n) is 26.6. The summed E-state index contributed by atoms with van der Waals surface area (Å²) in [5, 5.41) is 12.0. The number of fused-ring (bicyclic) bond motifs is 1. The molecule has 0 unspecified atom stereocenters. The fourth-order valence-electron chi connectivity index (χ4n) is 3.02. The van der Waals surface area contributed by atoms with Crippen LogP contribution in [0.5, 0.6) is 0 Å². The third-order valence-corrected chi connectivity index (χ3v) is 5.09. The molecular formula is C31H46ClFN4O4. The van der Waals surface area contributed by atoms with Crippen molar-refractivity contribution in [1.82, 2.24) is 15.2 Å². The van der Waals surface area contributed by atoms with Crippen LogP contribution >= 0.6 is 11.6 Å². The van der Waals surface area contributed by atoms with Crippen LogP contribution in [0.3, 0.4) is 0 Å². The number of amides is 3. The van der Waals surface area contributed by atoms with E-state index < -0.39 is 23.4 Å². The standard InChI is InChI=1S/C20H19ClFN3O3.C7H15NO.2C2H6/c1-6-11(9-23)16(13(22)7-2)14-8-12(21)17-15(24-14)10-25(18(17)26)19(27)28-20(3,4)5;1-5-8-6(9)7(2,3)4;2*1-2/h6-8H,1,10H2,2-5H3;5H2,1-4H3,(H,8,9);2*1-2H3/b13-7+,16-11-;;;. The highest BCUT2D eigenvalue weighted by atomic mass is 35.5. The van der Waals surface area contributed by atoms with Gasteiger partial charge in [-0.3, -0.25) is 9.59 Å². The molecule has 0 radical (unpaired) electrons. The first-order valence-corrected chi connectivity index (χ1v) is 14.0. The quantitative estimate of drug-likeness (QED) is 0.278. The number of ether oxygens (including phenoxy) is 1. The van der Waals surface area contributed by atoms with Crippen molar-refractivity contribution in [2.45, 2.75) is 95.2 Å². The van der Waals surface area contributed by atoms with Crippen LogP contribution in [0.25, 0.3) is 5.57 Å². The number of hydrogen-bond acceptors (Lipinski definition) is 6. The minimum absolute atomic E-state index is 0.00110. The largest absolute Gasteiger partial charge is 0.443 e. The van der Waals surface area contributed by atoms with Gasteiger partial charge in [-0.1, -0.05) is 78.8 Å². The number of hydrogen-bond donors (Lipinski definition) is 1. The number of carbonyl (C=O) groups is 3. The lowest BCUT2D eigenvalue weighted by Gasteiger charge is -2.23. The third-order valence-electron chi connectivity index (χ3n) is 4.79. The number of nitriles is 1. The van der Waals surface area contributed by atoms with E-state index in [0.717, 1.165) is 11.4 Å². The molecule has 10 heteroatoms. The van der Waals surface area contributed by atoms with Crippen LogP contribution in [-0.4, -0.2) is 39.9 Å². The maximum absolute atomic E-state index is 14.4. The number of rotatable bonds is 4. The van der Waals surface area contributed by atoms with Crippen molar-refractivity contribution in [2.75, 3.05) is 6.54 Å². The van der Waals surface area contributed by atoms with Crippen LogP contribution in [0, 0.1) is 16.7 Å². The van der Waals surface area contributed by atoms with E-state index in [1.54, 1.807) is 20.8 Å². The van der Waals surface area contributed by atoms with E-state index in [2.05, 4.69) is 16.9 Å². The first kappa shape index (κ1) is 39.6. The van der Waals surface area contributed by atoms with Gasteiger partial charge < -0.3 is 10.1 Å². The van der Waals surface area contributed by atoms with Gasteiger partial charge in [0.1, 0.15) is 11.4 Å². The zero-order valence-corrected chi connectivity index (χ0v) is 27.3. The van der Waals surface area contributed by atoms with Crippen LogP contribution in [0.1, 0.15) is 105 Å². The number of halogens is 2. The fourth-order valence-corrected chi connectivity index (χ4v) is 3.31. The number of allylic oxidation sites excluding steroid dienone is 5. The van der Waals surface area contributed by atoms with Crippen molar-refractivity contribution in [1.29, 1.82) is 5.26 Å². The highest BCUT2D eigenvalue weighted by Gasteiger charge is 2.38. The zero-order chi connectivity index (χ0) is 32.7. The van der Waals surface area contributed by atoms with Crippen molar-refractivity contribution < 1.29 is 23.5 Å². The Morgan fingerprint density at radius 2 is 1.76 bits per heavy atom. The maximum atomic E-state index is 14.4. The minimum atomic E-state index is -0.827. The van der Waals surface area contributed by atoms with Gasteiger partial charge in [0.25, 0.3) is 5.91 Å². The Labute approximate surface area is 250 Å². The normalized spacial score (nSPS) is 13.0. The van der Waals surface area contributed by atoms with Gasteiger partial charge in [-0.15, -0.1) is 0 Å². The van der Waals surface area contributed by atoms with Gasteiger partial charge in [-0.25, -0.2) is 19.1 Å². The third kappa shape index (κ3) is 11.9. The average Bonchev–Trinajstić information content (AvgIpc) is 3.25. The van der Waals surface area contributed by atoms with Crippen molar-refractivity contribution >= 4 is 35.1 Å². The lowest BCUT2D eigenvalue weighted by atomic mass is 9.96. The number of pyridine rings is 1. The molecular weight excluding hydrogens is 547 g/mol. The predicted octanol–water partition coefficient (Wildman–Crippen LogP) is 8.18. The Bertz CT molecular complexity index is 1190. The molecule has 2 rings (SSSR count). The van der Waals surface area contributed by atoms with Crippen LogP contribution in [0.2, 0.25) is 5.02 Å². The van der Waals surface area contributed by atoms with Crippen molar-refractivity contribution in [3.05, 3.63) is 58.2 Å². The van der Waals surface area contributed by atoms with Gasteiger partial charge in [0, 0.05) is 12.0 Å². The SMILES string of the molecule is C=C/C(C#N)=C(\C(F)=C/C)c1cc(Cl)c2c(n1)CN(C(=O)OC(C)(C)C)C2=O.CC.CC.CCNC(=O)C(C)(C)C.